The zero-order chi connectivity index (χ0) is 12.4. The molecule has 1 aromatic carbocycles. The number of benzene rings is 1. The Balaban J connectivity index is 1.73. The number of hydrogen-bond donors (Lipinski definition) is 0. The van der Waals surface area contributed by atoms with Crippen LogP contribution in [-0.4, -0.2) is 37.5 Å². The molecule has 1 saturated heterocycles. The Morgan fingerprint density at radius 2 is 1.83 bits per heavy atom. The smallest absolute Gasteiger partial charge is 0.122 e. The molecule has 0 aromatic heterocycles. The molecule has 1 fully saturated rings. The van der Waals surface area contributed by atoms with Crippen LogP contribution in [-0.2, 0) is 6.42 Å². The van der Waals surface area contributed by atoms with Gasteiger partial charge in [0.2, 0.25) is 0 Å². The summed E-state index contributed by atoms with van der Waals surface area (Å²) in [7, 11) is 2.83. The van der Waals surface area contributed by atoms with Gasteiger partial charge >= 0.3 is 0 Å². The number of fused-ring (bicyclic) bond motifs is 1. The standard InChI is InChI=1S/C14H21N2OP/c18-16-8-1-6-15(7-2-9-16)13-3-4-14-12(11-13)5-10-17-14/h3-4,11H,1-2,5-10,18H2. The molecule has 0 N–H and O–H groups in total. The average Bonchev–Trinajstić information content (AvgIpc) is 2.80. The molecule has 0 aliphatic carbocycles. The molecular weight excluding hydrogens is 243 g/mol. The second kappa shape index (κ2) is 5.46. The lowest BCUT2D eigenvalue weighted by molar-refractivity contribution is 0.357. The molecule has 98 valence electrons. The van der Waals surface area contributed by atoms with Gasteiger partial charge in [-0.05, 0) is 36.6 Å². The van der Waals surface area contributed by atoms with Crippen molar-refractivity contribution in [2.75, 3.05) is 37.7 Å². The Labute approximate surface area is 111 Å². The fourth-order valence-corrected chi connectivity index (χ4v) is 3.15. The highest BCUT2D eigenvalue weighted by molar-refractivity contribution is 7.13. The van der Waals surface area contributed by atoms with E-state index in [0.29, 0.717) is 0 Å². The predicted molar refractivity (Wildman–Crippen MR) is 78.4 cm³/mol. The minimum Gasteiger partial charge on any atom is -0.493 e. The minimum absolute atomic E-state index is 0.848. The van der Waals surface area contributed by atoms with E-state index >= 15 is 0 Å². The van der Waals surface area contributed by atoms with E-state index in [0.717, 1.165) is 31.9 Å². The van der Waals surface area contributed by atoms with Crippen molar-refractivity contribution in [2.24, 2.45) is 0 Å². The van der Waals surface area contributed by atoms with Crippen LogP contribution < -0.4 is 9.64 Å². The summed E-state index contributed by atoms with van der Waals surface area (Å²) < 4.78 is 7.93. The molecule has 0 radical (unpaired) electrons. The van der Waals surface area contributed by atoms with Gasteiger partial charge in [0.1, 0.15) is 5.75 Å². The van der Waals surface area contributed by atoms with Crippen LogP contribution in [0.3, 0.4) is 0 Å². The monoisotopic (exact) mass is 264 g/mol. The van der Waals surface area contributed by atoms with E-state index in [-0.39, 0.29) is 0 Å². The van der Waals surface area contributed by atoms with Gasteiger partial charge in [-0.25, -0.2) is 0 Å². The third kappa shape index (κ3) is 2.62. The molecule has 2 aliphatic heterocycles. The molecule has 2 heterocycles. The lowest BCUT2D eigenvalue weighted by atomic mass is 10.1. The van der Waals surface area contributed by atoms with E-state index < -0.39 is 0 Å². The summed E-state index contributed by atoms with van der Waals surface area (Å²) in [4.78, 5) is 2.52. The van der Waals surface area contributed by atoms with Crippen molar-refractivity contribution in [2.45, 2.75) is 19.3 Å². The number of ether oxygens (including phenoxy) is 1. The number of rotatable bonds is 1. The van der Waals surface area contributed by atoms with E-state index in [1.54, 1.807) is 0 Å². The third-order valence-electron chi connectivity index (χ3n) is 3.78. The lowest BCUT2D eigenvalue weighted by Crippen LogP contribution is -2.33. The Kier molecular flexibility index (Phi) is 3.72. The first-order valence-corrected chi connectivity index (χ1v) is 7.35. The van der Waals surface area contributed by atoms with Crippen molar-refractivity contribution in [1.29, 1.82) is 0 Å². The van der Waals surface area contributed by atoms with Crippen LogP contribution in [0.5, 0.6) is 5.75 Å². The van der Waals surface area contributed by atoms with E-state index in [2.05, 4.69) is 37.2 Å². The molecular formula is C14H21N2OP. The molecule has 0 bridgehead atoms. The van der Waals surface area contributed by atoms with Crippen LogP contribution in [0, 0.1) is 0 Å². The maximum absolute atomic E-state index is 5.57. The second-order valence-electron chi connectivity index (χ2n) is 5.12. The van der Waals surface area contributed by atoms with Gasteiger partial charge in [0, 0.05) is 38.3 Å². The van der Waals surface area contributed by atoms with Crippen molar-refractivity contribution in [3.63, 3.8) is 0 Å². The molecule has 3 nitrogen and oxygen atoms in total. The predicted octanol–water partition coefficient (Wildman–Crippen LogP) is 2.31. The fraction of sp³-hybridized carbons (Fsp3) is 0.571. The van der Waals surface area contributed by atoms with Gasteiger partial charge in [0.05, 0.1) is 6.61 Å². The molecule has 1 aromatic rings. The molecule has 2 aliphatic rings. The SMILES string of the molecule is PN1CCCN(c2ccc3c(c2)CCO3)CCC1. The Bertz CT molecular complexity index is 414. The highest BCUT2D eigenvalue weighted by atomic mass is 31.0. The van der Waals surface area contributed by atoms with Crippen LogP contribution in [0.4, 0.5) is 5.69 Å². The number of hydrogen-bond acceptors (Lipinski definition) is 3. The number of nitrogens with zero attached hydrogens (tertiary/aromatic N) is 2. The Morgan fingerprint density at radius 1 is 1.06 bits per heavy atom. The van der Waals surface area contributed by atoms with Crippen molar-refractivity contribution in [3.8, 4) is 5.75 Å². The highest BCUT2D eigenvalue weighted by Crippen LogP contribution is 2.30. The molecule has 0 saturated carbocycles. The van der Waals surface area contributed by atoms with Crippen LogP contribution in [0.15, 0.2) is 18.2 Å². The summed E-state index contributed by atoms with van der Waals surface area (Å²) in [6, 6.07) is 6.67. The summed E-state index contributed by atoms with van der Waals surface area (Å²) >= 11 is 0. The first kappa shape index (κ1) is 12.3. The molecule has 3 rings (SSSR count). The first-order valence-electron chi connectivity index (χ1n) is 6.83. The zero-order valence-corrected chi connectivity index (χ0v) is 11.9. The summed E-state index contributed by atoms with van der Waals surface area (Å²) in [5.74, 6) is 1.09. The Morgan fingerprint density at radius 3 is 2.61 bits per heavy atom. The molecule has 1 atom stereocenters. The molecule has 0 amide bonds. The highest BCUT2D eigenvalue weighted by Gasteiger charge is 2.16. The fourth-order valence-electron chi connectivity index (χ4n) is 2.78. The zero-order valence-electron chi connectivity index (χ0n) is 10.8. The quantitative estimate of drug-likeness (QED) is 0.724. The van der Waals surface area contributed by atoms with Crippen LogP contribution in [0.25, 0.3) is 0 Å². The lowest BCUT2D eigenvalue weighted by Gasteiger charge is -2.30. The van der Waals surface area contributed by atoms with E-state index in [9.17, 15) is 0 Å². The van der Waals surface area contributed by atoms with Gasteiger partial charge in [-0.2, -0.15) is 0 Å². The second-order valence-corrected chi connectivity index (χ2v) is 5.85. The summed E-state index contributed by atoms with van der Waals surface area (Å²) in [6.07, 6.45) is 3.53. The van der Waals surface area contributed by atoms with Crippen LogP contribution in [0.2, 0.25) is 0 Å². The largest absolute Gasteiger partial charge is 0.493 e. The average molecular weight is 264 g/mol. The van der Waals surface area contributed by atoms with Crippen molar-refractivity contribution >= 4 is 15.1 Å². The van der Waals surface area contributed by atoms with Crippen LogP contribution in [0.1, 0.15) is 18.4 Å². The van der Waals surface area contributed by atoms with Gasteiger partial charge in [-0.3, -0.25) is 4.67 Å². The van der Waals surface area contributed by atoms with Gasteiger partial charge in [-0.1, -0.05) is 9.39 Å². The van der Waals surface area contributed by atoms with Crippen LogP contribution >= 0.6 is 9.39 Å². The summed E-state index contributed by atoms with van der Waals surface area (Å²) in [5.41, 5.74) is 2.75. The maximum atomic E-state index is 5.57. The first-order chi connectivity index (χ1) is 8.83. The summed E-state index contributed by atoms with van der Waals surface area (Å²) in [5, 5.41) is 0. The number of anilines is 1. The van der Waals surface area contributed by atoms with Crippen molar-refractivity contribution in [3.05, 3.63) is 23.8 Å². The van der Waals surface area contributed by atoms with E-state index in [4.69, 9.17) is 4.74 Å². The molecule has 1 unspecified atom stereocenters. The normalized spacial score (nSPS) is 21.1. The topological polar surface area (TPSA) is 15.7 Å². The molecule has 4 heteroatoms. The minimum atomic E-state index is 0.848. The van der Waals surface area contributed by atoms with Gasteiger partial charge in [0.15, 0.2) is 0 Å². The molecule has 18 heavy (non-hydrogen) atoms. The maximum Gasteiger partial charge on any atom is 0.122 e. The molecule has 0 spiro atoms. The van der Waals surface area contributed by atoms with E-state index in [1.807, 2.05) is 0 Å². The Hall–Kier alpha value is -0.790. The summed E-state index contributed by atoms with van der Waals surface area (Å²) in [6.45, 7) is 5.51. The third-order valence-corrected chi connectivity index (χ3v) is 4.30. The van der Waals surface area contributed by atoms with Gasteiger partial charge in [-0.15, -0.1) is 0 Å². The van der Waals surface area contributed by atoms with Gasteiger partial charge < -0.3 is 9.64 Å². The van der Waals surface area contributed by atoms with E-state index in [1.165, 1.54) is 37.2 Å². The van der Waals surface area contributed by atoms with Crippen molar-refractivity contribution < 1.29 is 4.74 Å². The van der Waals surface area contributed by atoms with Gasteiger partial charge in [0.25, 0.3) is 0 Å². The van der Waals surface area contributed by atoms with Crippen molar-refractivity contribution in [1.82, 2.24) is 4.67 Å².